The standard InChI is InChI=1S/C13H21NO3/c1-9(8-17-4)14-7-10-11(15)5-13(2,3)6-12(10)16/h7,9,15H,5-6,8H2,1-4H3. The van der Waals surface area contributed by atoms with E-state index >= 15 is 0 Å². The fraction of sp³-hybridized carbons (Fsp3) is 0.692. The maximum atomic E-state index is 11.9. The van der Waals surface area contributed by atoms with Crippen molar-refractivity contribution in [3.63, 3.8) is 0 Å². The van der Waals surface area contributed by atoms with Gasteiger partial charge in [0.05, 0.1) is 18.2 Å². The van der Waals surface area contributed by atoms with Gasteiger partial charge in [0, 0.05) is 26.2 Å². The predicted octanol–water partition coefficient (Wildman–Crippen LogP) is 2.29. The third-order valence-corrected chi connectivity index (χ3v) is 2.76. The van der Waals surface area contributed by atoms with Gasteiger partial charge in [0.15, 0.2) is 5.78 Å². The highest BCUT2D eigenvalue weighted by Crippen LogP contribution is 2.35. The first-order chi connectivity index (χ1) is 7.85. The summed E-state index contributed by atoms with van der Waals surface area (Å²) in [5, 5.41) is 9.85. The van der Waals surface area contributed by atoms with Gasteiger partial charge < -0.3 is 9.84 Å². The summed E-state index contributed by atoms with van der Waals surface area (Å²) >= 11 is 0. The molecule has 0 heterocycles. The van der Waals surface area contributed by atoms with Crippen molar-refractivity contribution in [2.75, 3.05) is 13.7 Å². The van der Waals surface area contributed by atoms with E-state index in [2.05, 4.69) is 4.99 Å². The number of aliphatic hydroxyl groups is 1. The van der Waals surface area contributed by atoms with Crippen LogP contribution in [0, 0.1) is 5.41 Å². The molecule has 0 aromatic rings. The van der Waals surface area contributed by atoms with E-state index < -0.39 is 0 Å². The fourth-order valence-electron chi connectivity index (χ4n) is 1.93. The molecule has 0 aliphatic heterocycles. The first-order valence-corrected chi connectivity index (χ1v) is 5.83. The van der Waals surface area contributed by atoms with Crippen LogP contribution in [0.25, 0.3) is 0 Å². The van der Waals surface area contributed by atoms with Gasteiger partial charge in [-0.2, -0.15) is 0 Å². The highest BCUT2D eigenvalue weighted by atomic mass is 16.5. The van der Waals surface area contributed by atoms with E-state index in [0.717, 1.165) is 0 Å². The van der Waals surface area contributed by atoms with E-state index in [0.29, 0.717) is 25.0 Å². The van der Waals surface area contributed by atoms with Crippen molar-refractivity contribution >= 4 is 12.0 Å². The Balaban J connectivity index is 2.80. The van der Waals surface area contributed by atoms with Gasteiger partial charge >= 0.3 is 0 Å². The quantitative estimate of drug-likeness (QED) is 0.766. The zero-order valence-electron chi connectivity index (χ0n) is 11.0. The van der Waals surface area contributed by atoms with Crippen LogP contribution in [0.4, 0.5) is 0 Å². The minimum atomic E-state index is -0.156. The van der Waals surface area contributed by atoms with Crippen LogP contribution in [0.3, 0.4) is 0 Å². The average Bonchev–Trinajstić information content (AvgIpc) is 2.14. The van der Waals surface area contributed by atoms with Crippen LogP contribution in [-0.2, 0) is 9.53 Å². The fourth-order valence-corrected chi connectivity index (χ4v) is 1.93. The minimum Gasteiger partial charge on any atom is -0.511 e. The lowest BCUT2D eigenvalue weighted by molar-refractivity contribution is -0.117. The Morgan fingerprint density at radius 2 is 2.18 bits per heavy atom. The number of methoxy groups -OCH3 is 1. The van der Waals surface area contributed by atoms with Crippen molar-refractivity contribution in [3.8, 4) is 0 Å². The van der Waals surface area contributed by atoms with Crippen LogP contribution in [0.5, 0.6) is 0 Å². The molecule has 4 heteroatoms. The van der Waals surface area contributed by atoms with E-state index in [1.165, 1.54) is 6.21 Å². The molecule has 1 atom stereocenters. The zero-order valence-corrected chi connectivity index (χ0v) is 11.0. The topological polar surface area (TPSA) is 58.9 Å². The molecule has 0 aromatic heterocycles. The number of allylic oxidation sites excluding steroid dienone is 2. The molecular formula is C13H21NO3. The molecule has 1 aliphatic rings. The molecule has 0 amide bonds. The van der Waals surface area contributed by atoms with Crippen LogP contribution >= 0.6 is 0 Å². The summed E-state index contributed by atoms with van der Waals surface area (Å²) in [6.07, 6.45) is 2.46. The molecule has 0 saturated heterocycles. The Hall–Kier alpha value is -1.16. The second-order valence-corrected chi connectivity index (χ2v) is 5.38. The Morgan fingerprint density at radius 1 is 1.53 bits per heavy atom. The smallest absolute Gasteiger partial charge is 0.168 e. The van der Waals surface area contributed by atoms with Gasteiger partial charge in [0.1, 0.15) is 5.76 Å². The number of Topliss-reactive ketones (excluding diaryl/α,β-unsaturated/α-hetero) is 1. The van der Waals surface area contributed by atoms with Crippen LogP contribution in [0.15, 0.2) is 16.3 Å². The van der Waals surface area contributed by atoms with Crippen molar-refractivity contribution in [1.29, 1.82) is 0 Å². The Kier molecular flexibility index (Phi) is 4.46. The lowest BCUT2D eigenvalue weighted by Crippen LogP contribution is -2.26. The number of carbonyl (C=O) groups excluding carboxylic acids is 1. The first-order valence-electron chi connectivity index (χ1n) is 5.83. The van der Waals surface area contributed by atoms with Crippen LogP contribution < -0.4 is 0 Å². The van der Waals surface area contributed by atoms with Gasteiger partial charge in [0.25, 0.3) is 0 Å². The lowest BCUT2D eigenvalue weighted by Gasteiger charge is -2.28. The van der Waals surface area contributed by atoms with E-state index in [-0.39, 0.29) is 23.0 Å². The molecule has 96 valence electrons. The van der Waals surface area contributed by atoms with Gasteiger partial charge in [-0.3, -0.25) is 9.79 Å². The summed E-state index contributed by atoms with van der Waals surface area (Å²) in [6.45, 7) is 6.35. The summed E-state index contributed by atoms with van der Waals surface area (Å²) in [6, 6.07) is -0.0111. The number of aliphatic imine (C=N–C) groups is 1. The van der Waals surface area contributed by atoms with Gasteiger partial charge in [0.2, 0.25) is 0 Å². The Labute approximate surface area is 102 Å². The van der Waals surface area contributed by atoms with Crippen molar-refractivity contribution < 1.29 is 14.6 Å². The first kappa shape index (κ1) is 13.9. The lowest BCUT2D eigenvalue weighted by atomic mass is 9.77. The third kappa shape index (κ3) is 3.97. The largest absolute Gasteiger partial charge is 0.511 e. The summed E-state index contributed by atoms with van der Waals surface area (Å²) in [5.41, 5.74) is 0.198. The molecule has 0 spiro atoms. The van der Waals surface area contributed by atoms with Crippen LogP contribution in [-0.4, -0.2) is 36.9 Å². The molecule has 4 nitrogen and oxygen atoms in total. The maximum Gasteiger partial charge on any atom is 0.168 e. The summed E-state index contributed by atoms with van der Waals surface area (Å²) in [4.78, 5) is 16.0. The third-order valence-electron chi connectivity index (χ3n) is 2.76. The molecule has 1 rings (SSSR count). The van der Waals surface area contributed by atoms with Gasteiger partial charge in [-0.15, -0.1) is 0 Å². The minimum absolute atomic E-state index is 0.0111. The Bertz CT molecular complexity index is 356. The molecule has 0 bridgehead atoms. The molecule has 1 aliphatic carbocycles. The van der Waals surface area contributed by atoms with E-state index in [4.69, 9.17) is 4.74 Å². The maximum absolute atomic E-state index is 11.9. The molecule has 1 unspecified atom stereocenters. The second-order valence-electron chi connectivity index (χ2n) is 5.38. The highest BCUT2D eigenvalue weighted by Gasteiger charge is 2.32. The highest BCUT2D eigenvalue weighted by molar-refractivity contribution is 6.14. The second kappa shape index (κ2) is 5.45. The van der Waals surface area contributed by atoms with Crippen molar-refractivity contribution in [3.05, 3.63) is 11.3 Å². The van der Waals surface area contributed by atoms with Crippen molar-refractivity contribution in [2.45, 2.75) is 39.7 Å². The monoisotopic (exact) mass is 239 g/mol. The SMILES string of the molecule is COCC(C)N=CC1=C(O)CC(C)(C)CC1=O. The van der Waals surface area contributed by atoms with Gasteiger partial charge in [-0.25, -0.2) is 0 Å². The van der Waals surface area contributed by atoms with E-state index in [9.17, 15) is 9.90 Å². The normalized spacial score (nSPS) is 22.2. The molecule has 1 N–H and O–H groups in total. The van der Waals surface area contributed by atoms with E-state index in [1.807, 2.05) is 20.8 Å². The number of ketones is 1. The van der Waals surface area contributed by atoms with Crippen molar-refractivity contribution in [1.82, 2.24) is 0 Å². The number of carbonyl (C=O) groups is 1. The molecule has 17 heavy (non-hydrogen) atoms. The summed E-state index contributed by atoms with van der Waals surface area (Å²) in [5.74, 6) is 0.117. The van der Waals surface area contributed by atoms with Crippen LogP contribution in [0.2, 0.25) is 0 Å². The Morgan fingerprint density at radius 3 is 2.71 bits per heavy atom. The number of hydrogen-bond donors (Lipinski definition) is 1. The molecule has 0 aromatic carbocycles. The number of hydrogen-bond acceptors (Lipinski definition) is 4. The number of ether oxygens (including phenoxy) is 1. The number of nitrogens with zero attached hydrogens (tertiary/aromatic N) is 1. The van der Waals surface area contributed by atoms with Crippen LogP contribution in [0.1, 0.15) is 33.6 Å². The number of rotatable bonds is 4. The summed E-state index contributed by atoms with van der Waals surface area (Å²) in [7, 11) is 1.61. The molecular weight excluding hydrogens is 218 g/mol. The van der Waals surface area contributed by atoms with Crippen molar-refractivity contribution in [2.24, 2.45) is 10.4 Å². The van der Waals surface area contributed by atoms with E-state index in [1.54, 1.807) is 7.11 Å². The number of aliphatic hydroxyl groups excluding tert-OH is 1. The van der Waals surface area contributed by atoms with Gasteiger partial charge in [-0.1, -0.05) is 13.8 Å². The van der Waals surface area contributed by atoms with Gasteiger partial charge in [-0.05, 0) is 12.3 Å². The molecule has 0 saturated carbocycles. The average molecular weight is 239 g/mol. The molecule has 0 radical (unpaired) electrons. The molecule has 0 fully saturated rings. The summed E-state index contributed by atoms with van der Waals surface area (Å²) < 4.78 is 4.95. The predicted molar refractivity (Wildman–Crippen MR) is 67.5 cm³/mol. The zero-order chi connectivity index (χ0) is 13.1.